The minimum Gasteiger partial charge on any atom is -0.395 e. The number of allylic oxidation sites excluding steroid dienone is 2. The highest BCUT2D eigenvalue weighted by atomic mass is 16.3. The molecule has 2 N–H and O–H groups in total. The first kappa shape index (κ1) is 18.7. The summed E-state index contributed by atoms with van der Waals surface area (Å²) in [6.45, 7) is 4.42. The fraction of sp³-hybridized carbons (Fsp3) is 0.385. The Kier molecular flexibility index (Phi) is 5.03. The zero-order valence-corrected chi connectivity index (χ0v) is 17.2. The number of aliphatic hydroxyl groups excluding tert-OH is 1. The Morgan fingerprint density at radius 1 is 1.03 bits per heavy atom. The average Bonchev–Trinajstić information content (AvgIpc) is 3.47. The van der Waals surface area contributed by atoms with Gasteiger partial charge < -0.3 is 10.1 Å². The molecule has 2 heterocycles. The topological polar surface area (TPSA) is 39.3 Å². The van der Waals surface area contributed by atoms with Crippen LogP contribution in [0.5, 0.6) is 0 Å². The van der Waals surface area contributed by atoms with E-state index in [0.717, 1.165) is 19.5 Å². The van der Waals surface area contributed by atoms with E-state index in [1.807, 2.05) is 0 Å². The van der Waals surface area contributed by atoms with E-state index in [-0.39, 0.29) is 6.61 Å². The number of hydrogen-bond acceptors (Lipinski definition) is 2. The van der Waals surface area contributed by atoms with Gasteiger partial charge in [-0.05, 0) is 97.7 Å². The van der Waals surface area contributed by atoms with Gasteiger partial charge in [-0.1, -0.05) is 24.3 Å². The standard InChI is InChI=1S/C26H30N2O/c1-18-11-21(19-5-2-3-6-19)14-22(12-18)20-8-9-26-23(13-20)15-24(27-26)16-28-10-4-7-25(28)17-29/h5,8-9,11-15,25,27,29H,2-4,6-7,10,16-17H2,1H3/t25-/m1/s1. The maximum Gasteiger partial charge on any atom is 0.0587 e. The van der Waals surface area contributed by atoms with Crippen LogP contribution in [-0.2, 0) is 6.54 Å². The van der Waals surface area contributed by atoms with E-state index in [4.69, 9.17) is 0 Å². The summed E-state index contributed by atoms with van der Waals surface area (Å²) in [5.41, 5.74) is 9.22. The van der Waals surface area contributed by atoms with Crippen LogP contribution < -0.4 is 0 Å². The van der Waals surface area contributed by atoms with Gasteiger partial charge in [0.2, 0.25) is 0 Å². The Morgan fingerprint density at radius 3 is 2.76 bits per heavy atom. The molecule has 0 bridgehead atoms. The molecule has 1 atom stereocenters. The van der Waals surface area contributed by atoms with E-state index < -0.39 is 0 Å². The van der Waals surface area contributed by atoms with Crippen molar-refractivity contribution >= 4 is 16.5 Å². The molecule has 150 valence electrons. The second kappa shape index (κ2) is 7.81. The molecule has 0 radical (unpaired) electrons. The third-order valence-electron chi connectivity index (χ3n) is 6.58. The summed E-state index contributed by atoms with van der Waals surface area (Å²) in [6, 6.07) is 16.3. The summed E-state index contributed by atoms with van der Waals surface area (Å²) in [6.07, 6.45) is 8.39. The lowest BCUT2D eigenvalue weighted by molar-refractivity contribution is 0.152. The molecular formula is C26H30N2O. The average molecular weight is 387 g/mol. The molecule has 2 aliphatic rings. The first-order chi connectivity index (χ1) is 14.2. The van der Waals surface area contributed by atoms with Crippen LogP contribution in [0.2, 0.25) is 0 Å². The van der Waals surface area contributed by atoms with Crippen molar-refractivity contribution in [2.24, 2.45) is 0 Å². The first-order valence-corrected chi connectivity index (χ1v) is 11.0. The number of aryl methyl sites for hydroxylation is 1. The van der Waals surface area contributed by atoms with Crippen molar-refractivity contribution in [3.05, 3.63) is 65.4 Å². The Balaban J connectivity index is 1.44. The van der Waals surface area contributed by atoms with Gasteiger partial charge in [0, 0.05) is 29.2 Å². The van der Waals surface area contributed by atoms with Crippen molar-refractivity contribution in [2.45, 2.75) is 51.6 Å². The van der Waals surface area contributed by atoms with Crippen molar-refractivity contribution in [1.82, 2.24) is 9.88 Å². The lowest BCUT2D eigenvalue weighted by Crippen LogP contribution is -2.31. The molecule has 0 saturated carbocycles. The number of aromatic nitrogens is 1. The van der Waals surface area contributed by atoms with Crippen LogP contribution in [0.15, 0.2) is 48.5 Å². The van der Waals surface area contributed by atoms with Gasteiger partial charge in [-0.3, -0.25) is 4.90 Å². The Morgan fingerprint density at radius 2 is 1.93 bits per heavy atom. The largest absolute Gasteiger partial charge is 0.395 e. The Bertz CT molecular complexity index is 1060. The SMILES string of the molecule is Cc1cc(C2=CCCC2)cc(-c2ccc3[nH]c(CN4CCC[C@@H]4CO)cc3c2)c1. The predicted octanol–water partition coefficient (Wildman–Crippen LogP) is 5.67. The van der Waals surface area contributed by atoms with E-state index in [1.54, 1.807) is 0 Å². The predicted molar refractivity (Wildman–Crippen MR) is 121 cm³/mol. The van der Waals surface area contributed by atoms with E-state index in [0.29, 0.717) is 6.04 Å². The quantitative estimate of drug-likeness (QED) is 0.593. The van der Waals surface area contributed by atoms with E-state index in [2.05, 4.69) is 65.3 Å². The van der Waals surface area contributed by atoms with Gasteiger partial charge >= 0.3 is 0 Å². The maximum atomic E-state index is 9.58. The molecule has 3 aromatic rings. The molecule has 1 fully saturated rings. The highest BCUT2D eigenvalue weighted by Gasteiger charge is 2.24. The van der Waals surface area contributed by atoms with Crippen molar-refractivity contribution in [3.8, 4) is 11.1 Å². The Hall–Kier alpha value is -2.36. The van der Waals surface area contributed by atoms with Crippen molar-refractivity contribution in [3.63, 3.8) is 0 Å². The van der Waals surface area contributed by atoms with Gasteiger partial charge in [-0.2, -0.15) is 0 Å². The lowest BCUT2D eigenvalue weighted by Gasteiger charge is -2.21. The lowest BCUT2D eigenvalue weighted by atomic mass is 9.95. The number of hydrogen-bond donors (Lipinski definition) is 2. The van der Waals surface area contributed by atoms with E-state index in [9.17, 15) is 5.11 Å². The molecule has 5 rings (SSSR count). The highest BCUT2D eigenvalue weighted by Crippen LogP contribution is 2.33. The van der Waals surface area contributed by atoms with Crippen LogP contribution in [0, 0.1) is 6.92 Å². The molecule has 1 aliphatic carbocycles. The van der Waals surface area contributed by atoms with Crippen LogP contribution in [-0.4, -0.2) is 34.2 Å². The van der Waals surface area contributed by atoms with E-state index in [1.165, 1.54) is 70.1 Å². The highest BCUT2D eigenvalue weighted by molar-refractivity contribution is 5.86. The van der Waals surface area contributed by atoms with Crippen LogP contribution in [0.4, 0.5) is 0 Å². The molecule has 1 aromatic heterocycles. The first-order valence-electron chi connectivity index (χ1n) is 11.0. The molecule has 2 aromatic carbocycles. The van der Waals surface area contributed by atoms with Crippen molar-refractivity contribution < 1.29 is 5.11 Å². The molecule has 3 heteroatoms. The zero-order valence-electron chi connectivity index (χ0n) is 17.2. The molecule has 29 heavy (non-hydrogen) atoms. The molecule has 0 spiro atoms. The van der Waals surface area contributed by atoms with Crippen molar-refractivity contribution in [1.29, 1.82) is 0 Å². The van der Waals surface area contributed by atoms with Gasteiger partial charge in [0.15, 0.2) is 0 Å². The van der Waals surface area contributed by atoms with Crippen molar-refractivity contribution in [2.75, 3.05) is 13.2 Å². The number of likely N-dealkylation sites (tertiary alicyclic amines) is 1. The minimum absolute atomic E-state index is 0.260. The molecule has 0 unspecified atom stereocenters. The fourth-order valence-electron chi connectivity index (χ4n) is 5.05. The van der Waals surface area contributed by atoms with Gasteiger partial charge in [0.25, 0.3) is 0 Å². The van der Waals surface area contributed by atoms with Crippen LogP contribution in [0.25, 0.3) is 27.6 Å². The van der Waals surface area contributed by atoms with Crippen LogP contribution >= 0.6 is 0 Å². The summed E-state index contributed by atoms with van der Waals surface area (Å²) in [4.78, 5) is 5.98. The van der Waals surface area contributed by atoms with Crippen LogP contribution in [0.1, 0.15) is 48.9 Å². The van der Waals surface area contributed by atoms with Gasteiger partial charge in [-0.15, -0.1) is 0 Å². The summed E-state index contributed by atoms with van der Waals surface area (Å²) in [5, 5.41) is 10.8. The summed E-state index contributed by atoms with van der Waals surface area (Å²) >= 11 is 0. The summed E-state index contributed by atoms with van der Waals surface area (Å²) < 4.78 is 0. The third kappa shape index (κ3) is 3.77. The monoisotopic (exact) mass is 386 g/mol. The molecule has 1 aliphatic heterocycles. The molecule has 1 saturated heterocycles. The number of aliphatic hydroxyl groups is 1. The molecular weight excluding hydrogens is 356 g/mol. The Labute approximate surface area is 173 Å². The number of nitrogens with zero attached hydrogens (tertiary/aromatic N) is 1. The fourth-order valence-corrected chi connectivity index (χ4v) is 5.05. The number of nitrogens with one attached hydrogen (secondary N) is 1. The maximum absolute atomic E-state index is 9.58. The minimum atomic E-state index is 0.260. The summed E-state index contributed by atoms with van der Waals surface area (Å²) in [7, 11) is 0. The second-order valence-corrected chi connectivity index (χ2v) is 8.76. The zero-order chi connectivity index (χ0) is 19.8. The second-order valence-electron chi connectivity index (χ2n) is 8.76. The van der Waals surface area contributed by atoms with Gasteiger partial charge in [0.05, 0.1) is 6.61 Å². The molecule has 3 nitrogen and oxygen atoms in total. The third-order valence-corrected chi connectivity index (χ3v) is 6.58. The number of fused-ring (bicyclic) bond motifs is 1. The van der Waals surface area contributed by atoms with Gasteiger partial charge in [-0.25, -0.2) is 0 Å². The smallest absolute Gasteiger partial charge is 0.0587 e. The number of benzene rings is 2. The normalized spacial score (nSPS) is 19.9. The van der Waals surface area contributed by atoms with Crippen LogP contribution in [0.3, 0.4) is 0 Å². The summed E-state index contributed by atoms with van der Waals surface area (Å²) in [5.74, 6) is 0. The van der Waals surface area contributed by atoms with E-state index >= 15 is 0 Å². The number of aromatic amines is 1. The molecule has 0 amide bonds. The number of rotatable bonds is 5. The number of H-pyrrole nitrogens is 1. The van der Waals surface area contributed by atoms with Gasteiger partial charge in [0.1, 0.15) is 0 Å².